The number of rotatable bonds is 4. The summed E-state index contributed by atoms with van der Waals surface area (Å²) < 4.78 is 8.41. The molecule has 0 saturated heterocycles. The van der Waals surface area contributed by atoms with Crippen molar-refractivity contribution in [3.05, 3.63) is 15.9 Å². The Balaban J connectivity index is 2.20. The molecule has 1 saturated carbocycles. The lowest BCUT2D eigenvalue weighted by molar-refractivity contribution is -0.142. The SMILES string of the molecule is COC1(C(=O)Cc2c(Br)c(C)nn2C)CCCCCC1. The first-order valence-electron chi connectivity index (χ1n) is 7.26. The third-order valence-electron chi connectivity index (χ3n) is 4.40. The predicted molar refractivity (Wildman–Crippen MR) is 81.8 cm³/mol. The maximum atomic E-state index is 12.8. The van der Waals surface area contributed by atoms with E-state index in [0.717, 1.165) is 41.5 Å². The first kappa shape index (κ1) is 15.7. The summed E-state index contributed by atoms with van der Waals surface area (Å²) in [5.74, 6) is 0.186. The molecule has 0 unspecified atom stereocenters. The molecule has 5 heteroatoms. The molecule has 0 amide bonds. The standard InChI is InChI=1S/C15H23BrN2O2/c1-11-14(16)12(18(2)17-11)10-13(19)15(20-3)8-6-4-5-7-9-15/h4-10H2,1-3H3. The van der Waals surface area contributed by atoms with Crippen LogP contribution < -0.4 is 0 Å². The monoisotopic (exact) mass is 342 g/mol. The average Bonchev–Trinajstić information content (AvgIpc) is 2.66. The Morgan fingerprint density at radius 2 is 1.95 bits per heavy atom. The minimum Gasteiger partial charge on any atom is -0.370 e. The molecular formula is C15H23BrN2O2. The molecule has 0 aromatic carbocycles. The molecule has 20 heavy (non-hydrogen) atoms. The third kappa shape index (κ3) is 2.98. The van der Waals surface area contributed by atoms with E-state index >= 15 is 0 Å². The molecule has 1 aromatic rings. The number of carbonyl (C=O) groups is 1. The predicted octanol–water partition coefficient (Wildman–Crippen LogP) is 3.34. The van der Waals surface area contributed by atoms with Crippen LogP contribution in [0.2, 0.25) is 0 Å². The van der Waals surface area contributed by atoms with Crippen LogP contribution in [0.15, 0.2) is 4.47 Å². The van der Waals surface area contributed by atoms with Crippen molar-refractivity contribution in [1.29, 1.82) is 0 Å². The van der Waals surface area contributed by atoms with Gasteiger partial charge in [0.15, 0.2) is 5.78 Å². The van der Waals surface area contributed by atoms with Gasteiger partial charge in [-0.1, -0.05) is 25.7 Å². The zero-order valence-corrected chi connectivity index (χ0v) is 14.1. The lowest BCUT2D eigenvalue weighted by Gasteiger charge is -2.29. The van der Waals surface area contributed by atoms with Gasteiger partial charge in [-0.15, -0.1) is 0 Å². The molecule has 112 valence electrons. The number of ether oxygens (including phenoxy) is 1. The van der Waals surface area contributed by atoms with E-state index < -0.39 is 5.60 Å². The van der Waals surface area contributed by atoms with Crippen molar-refractivity contribution in [2.75, 3.05) is 7.11 Å². The summed E-state index contributed by atoms with van der Waals surface area (Å²) >= 11 is 3.53. The molecule has 4 nitrogen and oxygen atoms in total. The van der Waals surface area contributed by atoms with E-state index in [2.05, 4.69) is 21.0 Å². The molecule has 0 atom stereocenters. The highest BCUT2D eigenvalue weighted by Crippen LogP contribution is 2.33. The Bertz CT molecular complexity index is 488. The van der Waals surface area contributed by atoms with Crippen molar-refractivity contribution < 1.29 is 9.53 Å². The average molecular weight is 343 g/mol. The number of aromatic nitrogens is 2. The number of Topliss-reactive ketones (excluding diaryl/α,β-unsaturated/α-hetero) is 1. The van der Waals surface area contributed by atoms with Gasteiger partial charge in [0.1, 0.15) is 5.60 Å². The summed E-state index contributed by atoms with van der Waals surface area (Å²) in [6.45, 7) is 1.94. The molecule has 1 aromatic heterocycles. The van der Waals surface area contributed by atoms with Crippen LogP contribution >= 0.6 is 15.9 Å². The van der Waals surface area contributed by atoms with Crippen LogP contribution in [0.5, 0.6) is 0 Å². The topological polar surface area (TPSA) is 44.1 Å². The van der Waals surface area contributed by atoms with Gasteiger partial charge in [-0.25, -0.2) is 0 Å². The maximum Gasteiger partial charge on any atom is 0.170 e. The molecule has 1 heterocycles. The van der Waals surface area contributed by atoms with E-state index in [0.29, 0.717) is 6.42 Å². The number of nitrogens with zero attached hydrogens (tertiary/aromatic N) is 2. The van der Waals surface area contributed by atoms with Crippen molar-refractivity contribution in [3.63, 3.8) is 0 Å². The third-order valence-corrected chi connectivity index (χ3v) is 5.43. The first-order chi connectivity index (χ1) is 9.50. The highest BCUT2D eigenvalue weighted by atomic mass is 79.9. The van der Waals surface area contributed by atoms with Crippen molar-refractivity contribution in [2.24, 2.45) is 7.05 Å². The van der Waals surface area contributed by atoms with Crippen LogP contribution in [0, 0.1) is 6.92 Å². The number of hydrogen-bond acceptors (Lipinski definition) is 3. The van der Waals surface area contributed by atoms with Gasteiger partial charge in [0.25, 0.3) is 0 Å². The van der Waals surface area contributed by atoms with E-state index in [1.807, 2.05) is 14.0 Å². The molecule has 0 N–H and O–H groups in total. The number of aryl methyl sites for hydroxylation is 2. The van der Waals surface area contributed by atoms with E-state index in [1.165, 1.54) is 12.8 Å². The van der Waals surface area contributed by atoms with Crippen LogP contribution in [0.3, 0.4) is 0 Å². The number of halogens is 1. The molecule has 0 bridgehead atoms. The second kappa shape index (κ2) is 6.39. The Morgan fingerprint density at radius 3 is 2.40 bits per heavy atom. The van der Waals surface area contributed by atoms with Crippen molar-refractivity contribution in [3.8, 4) is 0 Å². The fraction of sp³-hybridized carbons (Fsp3) is 0.733. The van der Waals surface area contributed by atoms with Crippen molar-refractivity contribution in [1.82, 2.24) is 9.78 Å². The van der Waals surface area contributed by atoms with E-state index in [9.17, 15) is 4.79 Å². The summed E-state index contributed by atoms with van der Waals surface area (Å²) in [6.07, 6.45) is 6.62. The molecule has 0 spiro atoms. The van der Waals surface area contributed by atoms with Gasteiger partial charge in [0, 0.05) is 14.2 Å². The molecule has 1 aliphatic rings. The quantitative estimate of drug-likeness (QED) is 0.788. The second-order valence-electron chi connectivity index (χ2n) is 5.68. The van der Waals surface area contributed by atoms with Gasteiger partial charge in [-0.3, -0.25) is 9.48 Å². The zero-order chi connectivity index (χ0) is 14.8. The lowest BCUT2D eigenvalue weighted by atomic mass is 9.87. The van der Waals surface area contributed by atoms with Crippen LogP contribution in [-0.4, -0.2) is 28.3 Å². The minimum atomic E-state index is -0.589. The number of ketones is 1. The fourth-order valence-electron chi connectivity index (χ4n) is 3.08. The Morgan fingerprint density at radius 1 is 1.35 bits per heavy atom. The minimum absolute atomic E-state index is 0.186. The van der Waals surface area contributed by atoms with Gasteiger partial charge < -0.3 is 4.74 Å². The Hall–Kier alpha value is -0.680. The Labute approximate surface area is 129 Å². The summed E-state index contributed by atoms with van der Waals surface area (Å²) in [5.41, 5.74) is 1.27. The van der Waals surface area contributed by atoms with Crippen LogP contribution in [0.4, 0.5) is 0 Å². The molecule has 2 rings (SSSR count). The van der Waals surface area contributed by atoms with Crippen LogP contribution in [-0.2, 0) is 23.0 Å². The molecule has 1 fully saturated rings. The van der Waals surface area contributed by atoms with Gasteiger partial charge in [0.05, 0.1) is 22.3 Å². The summed E-state index contributed by atoms with van der Waals surface area (Å²) in [5, 5.41) is 4.35. The zero-order valence-electron chi connectivity index (χ0n) is 12.5. The highest BCUT2D eigenvalue weighted by molar-refractivity contribution is 9.10. The lowest BCUT2D eigenvalue weighted by Crippen LogP contribution is -2.41. The van der Waals surface area contributed by atoms with Crippen molar-refractivity contribution >= 4 is 21.7 Å². The van der Waals surface area contributed by atoms with Gasteiger partial charge in [-0.05, 0) is 35.7 Å². The highest BCUT2D eigenvalue weighted by Gasteiger charge is 2.38. The first-order valence-corrected chi connectivity index (χ1v) is 8.06. The number of methoxy groups -OCH3 is 1. The van der Waals surface area contributed by atoms with E-state index in [4.69, 9.17) is 4.74 Å². The van der Waals surface area contributed by atoms with Crippen molar-refractivity contribution in [2.45, 2.75) is 57.5 Å². The summed E-state index contributed by atoms with van der Waals surface area (Å²) in [6, 6.07) is 0. The Kier molecular flexibility index (Phi) is 5.02. The fourth-order valence-corrected chi connectivity index (χ4v) is 3.56. The number of carbonyl (C=O) groups excluding carboxylic acids is 1. The molecule has 1 aliphatic carbocycles. The smallest absolute Gasteiger partial charge is 0.170 e. The van der Waals surface area contributed by atoms with Gasteiger partial charge >= 0.3 is 0 Å². The largest absolute Gasteiger partial charge is 0.370 e. The van der Waals surface area contributed by atoms with E-state index in [-0.39, 0.29) is 5.78 Å². The van der Waals surface area contributed by atoms with Gasteiger partial charge in [0.2, 0.25) is 0 Å². The molecule has 0 radical (unpaired) electrons. The molecule has 0 aliphatic heterocycles. The summed E-state index contributed by atoms with van der Waals surface area (Å²) in [7, 11) is 3.56. The second-order valence-corrected chi connectivity index (χ2v) is 6.48. The molecular weight excluding hydrogens is 320 g/mol. The van der Waals surface area contributed by atoms with Crippen LogP contribution in [0.25, 0.3) is 0 Å². The maximum absolute atomic E-state index is 12.8. The van der Waals surface area contributed by atoms with Gasteiger partial charge in [-0.2, -0.15) is 5.10 Å². The number of hydrogen-bond donors (Lipinski definition) is 0. The van der Waals surface area contributed by atoms with Crippen LogP contribution in [0.1, 0.15) is 49.9 Å². The van der Waals surface area contributed by atoms with E-state index in [1.54, 1.807) is 11.8 Å². The summed E-state index contributed by atoms with van der Waals surface area (Å²) in [4.78, 5) is 12.8. The normalized spacial score (nSPS) is 18.8.